The molecular weight excluding hydrogens is 358 g/mol. The SMILES string of the molecule is CC(=O)c1ccc2c(c1)N(CC(=O)Nc1cc(F)ccc1F)C(=O)C(C)O2. The highest BCUT2D eigenvalue weighted by molar-refractivity contribution is 6.07. The molecule has 3 rings (SSSR count). The number of nitrogens with one attached hydrogen (secondary N) is 1. The van der Waals surface area contributed by atoms with Crippen LogP contribution in [0.15, 0.2) is 36.4 Å². The molecule has 2 amide bonds. The Kier molecular flexibility index (Phi) is 4.89. The van der Waals surface area contributed by atoms with Gasteiger partial charge in [0.2, 0.25) is 5.91 Å². The second kappa shape index (κ2) is 7.14. The molecule has 1 heterocycles. The number of carbonyl (C=O) groups is 3. The molecule has 140 valence electrons. The zero-order valence-corrected chi connectivity index (χ0v) is 14.6. The van der Waals surface area contributed by atoms with Gasteiger partial charge in [0, 0.05) is 11.6 Å². The van der Waals surface area contributed by atoms with Gasteiger partial charge in [-0.15, -0.1) is 0 Å². The summed E-state index contributed by atoms with van der Waals surface area (Å²) in [6.07, 6.45) is -0.834. The van der Waals surface area contributed by atoms with E-state index in [4.69, 9.17) is 4.74 Å². The van der Waals surface area contributed by atoms with E-state index in [0.29, 0.717) is 11.3 Å². The van der Waals surface area contributed by atoms with Gasteiger partial charge in [-0.3, -0.25) is 19.3 Å². The molecule has 0 bridgehead atoms. The van der Waals surface area contributed by atoms with Crippen LogP contribution in [0.1, 0.15) is 24.2 Å². The van der Waals surface area contributed by atoms with Crippen molar-refractivity contribution in [2.75, 3.05) is 16.8 Å². The number of hydrogen-bond acceptors (Lipinski definition) is 4. The van der Waals surface area contributed by atoms with Crippen LogP contribution in [0.25, 0.3) is 0 Å². The maximum absolute atomic E-state index is 13.7. The topological polar surface area (TPSA) is 75.7 Å². The van der Waals surface area contributed by atoms with Gasteiger partial charge in [-0.2, -0.15) is 0 Å². The first kappa shape index (κ1) is 18.5. The van der Waals surface area contributed by atoms with E-state index in [2.05, 4.69) is 5.32 Å². The van der Waals surface area contributed by atoms with Crippen molar-refractivity contribution in [3.8, 4) is 5.75 Å². The molecule has 1 atom stereocenters. The van der Waals surface area contributed by atoms with E-state index in [1.807, 2.05) is 0 Å². The molecule has 0 fully saturated rings. The number of carbonyl (C=O) groups excluding carboxylic acids is 3. The third-order valence-electron chi connectivity index (χ3n) is 4.08. The van der Waals surface area contributed by atoms with Gasteiger partial charge in [-0.25, -0.2) is 8.78 Å². The van der Waals surface area contributed by atoms with Crippen LogP contribution < -0.4 is 15.0 Å². The van der Waals surface area contributed by atoms with Gasteiger partial charge >= 0.3 is 0 Å². The van der Waals surface area contributed by atoms with Crippen molar-refractivity contribution in [1.29, 1.82) is 0 Å². The Morgan fingerprint density at radius 2 is 1.93 bits per heavy atom. The molecule has 0 saturated heterocycles. The summed E-state index contributed by atoms with van der Waals surface area (Å²) in [5, 5.41) is 2.25. The van der Waals surface area contributed by atoms with Crippen molar-refractivity contribution < 1.29 is 27.9 Å². The fraction of sp³-hybridized carbons (Fsp3) is 0.211. The molecule has 6 nitrogen and oxygen atoms in total. The van der Waals surface area contributed by atoms with Crippen molar-refractivity contribution in [1.82, 2.24) is 0 Å². The monoisotopic (exact) mass is 374 g/mol. The lowest BCUT2D eigenvalue weighted by molar-refractivity contribution is -0.127. The molecule has 1 aliphatic heterocycles. The predicted molar refractivity (Wildman–Crippen MR) is 93.9 cm³/mol. The third-order valence-corrected chi connectivity index (χ3v) is 4.08. The van der Waals surface area contributed by atoms with Crippen LogP contribution in [0.2, 0.25) is 0 Å². The minimum Gasteiger partial charge on any atom is -0.479 e. The number of anilines is 2. The van der Waals surface area contributed by atoms with Gasteiger partial charge in [-0.1, -0.05) is 0 Å². The summed E-state index contributed by atoms with van der Waals surface area (Å²) >= 11 is 0. The van der Waals surface area contributed by atoms with Gasteiger partial charge in [0.15, 0.2) is 11.9 Å². The molecule has 0 aliphatic carbocycles. The standard InChI is InChI=1S/C19H16F2N2O4/c1-10(24)12-3-6-17-16(7-12)23(19(26)11(2)27-17)9-18(25)22-15-8-13(20)4-5-14(15)21/h3-8,11H,9H2,1-2H3,(H,22,25). The molecule has 0 saturated carbocycles. The van der Waals surface area contributed by atoms with E-state index >= 15 is 0 Å². The number of halogens is 2. The molecule has 0 aromatic heterocycles. The van der Waals surface area contributed by atoms with Gasteiger partial charge in [-0.05, 0) is 44.2 Å². The molecule has 2 aromatic rings. The number of Topliss-reactive ketones (excluding diaryl/α,β-unsaturated/α-hetero) is 1. The summed E-state index contributed by atoms with van der Waals surface area (Å²) < 4.78 is 32.5. The zero-order chi connectivity index (χ0) is 19.7. The fourth-order valence-corrected chi connectivity index (χ4v) is 2.72. The van der Waals surface area contributed by atoms with E-state index in [9.17, 15) is 23.2 Å². The Labute approximate surface area is 153 Å². The maximum atomic E-state index is 13.7. The Hall–Kier alpha value is -3.29. The van der Waals surface area contributed by atoms with Crippen LogP contribution in [0.3, 0.4) is 0 Å². The Morgan fingerprint density at radius 3 is 2.63 bits per heavy atom. The lowest BCUT2D eigenvalue weighted by Gasteiger charge is -2.32. The third kappa shape index (κ3) is 3.79. The van der Waals surface area contributed by atoms with Gasteiger partial charge < -0.3 is 10.1 Å². The van der Waals surface area contributed by atoms with E-state index in [0.717, 1.165) is 23.1 Å². The smallest absolute Gasteiger partial charge is 0.268 e. The number of ketones is 1. The molecular formula is C19H16F2N2O4. The van der Waals surface area contributed by atoms with E-state index in [-0.39, 0.29) is 17.2 Å². The molecule has 8 heteroatoms. The second-order valence-electron chi connectivity index (χ2n) is 6.10. The molecule has 0 radical (unpaired) electrons. The van der Waals surface area contributed by atoms with Gasteiger partial charge in [0.05, 0.1) is 11.4 Å². The van der Waals surface area contributed by atoms with Gasteiger partial charge in [0.1, 0.15) is 23.9 Å². The normalized spacial score (nSPS) is 15.8. The zero-order valence-electron chi connectivity index (χ0n) is 14.6. The predicted octanol–water partition coefficient (Wildman–Crippen LogP) is 2.92. The van der Waals surface area contributed by atoms with Gasteiger partial charge in [0.25, 0.3) is 5.91 Å². The average Bonchev–Trinajstić information content (AvgIpc) is 2.61. The summed E-state index contributed by atoms with van der Waals surface area (Å²) in [6, 6.07) is 7.23. The lowest BCUT2D eigenvalue weighted by Crippen LogP contribution is -2.47. The van der Waals surface area contributed by atoms with E-state index in [1.165, 1.54) is 19.9 Å². The summed E-state index contributed by atoms with van der Waals surface area (Å²) in [4.78, 5) is 37.6. The van der Waals surface area contributed by atoms with Crippen molar-refractivity contribution in [2.24, 2.45) is 0 Å². The summed E-state index contributed by atoms with van der Waals surface area (Å²) in [7, 11) is 0. The minimum atomic E-state index is -0.834. The van der Waals surface area contributed by atoms with Crippen LogP contribution in [0.5, 0.6) is 5.75 Å². The maximum Gasteiger partial charge on any atom is 0.268 e. The van der Waals surface area contributed by atoms with Crippen molar-refractivity contribution in [2.45, 2.75) is 20.0 Å². The first-order chi connectivity index (χ1) is 12.8. The number of nitrogens with zero attached hydrogens (tertiary/aromatic N) is 1. The van der Waals surface area contributed by atoms with Crippen LogP contribution in [0, 0.1) is 11.6 Å². The van der Waals surface area contributed by atoms with E-state index in [1.54, 1.807) is 12.1 Å². The van der Waals surface area contributed by atoms with Crippen LogP contribution >= 0.6 is 0 Å². The Bertz CT molecular complexity index is 945. The Morgan fingerprint density at radius 1 is 1.19 bits per heavy atom. The number of amides is 2. The van der Waals surface area contributed by atoms with Crippen molar-refractivity contribution in [3.05, 3.63) is 53.6 Å². The first-order valence-corrected chi connectivity index (χ1v) is 8.14. The van der Waals surface area contributed by atoms with Crippen LogP contribution in [-0.2, 0) is 9.59 Å². The molecule has 2 aromatic carbocycles. The number of benzene rings is 2. The highest BCUT2D eigenvalue weighted by Crippen LogP contribution is 2.35. The average molecular weight is 374 g/mol. The number of rotatable bonds is 4. The molecule has 1 aliphatic rings. The minimum absolute atomic E-state index is 0.213. The highest BCUT2D eigenvalue weighted by Gasteiger charge is 2.33. The van der Waals surface area contributed by atoms with Crippen LogP contribution in [0.4, 0.5) is 20.2 Å². The van der Waals surface area contributed by atoms with Crippen molar-refractivity contribution >= 4 is 29.0 Å². The fourth-order valence-electron chi connectivity index (χ4n) is 2.72. The molecule has 0 spiro atoms. The summed E-state index contributed by atoms with van der Waals surface area (Å²) in [5.41, 5.74) is 0.286. The number of ether oxygens (including phenoxy) is 1. The second-order valence-corrected chi connectivity index (χ2v) is 6.10. The molecule has 1 N–H and O–H groups in total. The van der Waals surface area contributed by atoms with E-state index < -0.39 is 36.1 Å². The van der Waals surface area contributed by atoms with Crippen molar-refractivity contribution in [3.63, 3.8) is 0 Å². The number of hydrogen-bond donors (Lipinski definition) is 1. The largest absolute Gasteiger partial charge is 0.479 e. The summed E-state index contributed by atoms with van der Waals surface area (Å²) in [6.45, 7) is 2.46. The molecule has 1 unspecified atom stereocenters. The van der Waals surface area contributed by atoms with Crippen LogP contribution in [-0.4, -0.2) is 30.2 Å². The quantitative estimate of drug-likeness (QED) is 0.835. The first-order valence-electron chi connectivity index (χ1n) is 8.14. The Balaban J connectivity index is 1.88. The number of fused-ring (bicyclic) bond motifs is 1. The molecule has 27 heavy (non-hydrogen) atoms. The highest BCUT2D eigenvalue weighted by atomic mass is 19.1. The lowest BCUT2D eigenvalue weighted by atomic mass is 10.1. The summed E-state index contributed by atoms with van der Waals surface area (Å²) in [5.74, 6) is -2.59.